The molecule has 0 bridgehead atoms. The van der Waals surface area contributed by atoms with Gasteiger partial charge in [-0.05, 0) is 42.8 Å². The highest BCUT2D eigenvalue weighted by atomic mass is 16.5. The van der Waals surface area contributed by atoms with Crippen molar-refractivity contribution in [3.8, 4) is 5.75 Å². The molecule has 0 atom stereocenters. The summed E-state index contributed by atoms with van der Waals surface area (Å²) >= 11 is 0. The number of rotatable bonds is 3. The van der Waals surface area contributed by atoms with Gasteiger partial charge in [0, 0.05) is 17.2 Å². The Morgan fingerprint density at radius 3 is 2.59 bits per heavy atom. The van der Waals surface area contributed by atoms with Crippen LogP contribution < -0.4 is 4.74 Å². The smallest absolute Gasteiger partial charge is 0.255 e. The molecule has 3 aromatic rings. The minimum absolute atomic E-state index is 0.0541. The van der Waals surface area contributed by atoms with Crippen molar-refractivity contribution < 1.29 is 9.53 Å². The molecule has 22 heavy (non-hydrogen) atoms. The van der Waals surface area contributed by atoms with E-state index in [4.69, 9.17) is 4.74 Å². The van der Waals surface area contributed by atoms with Crippen molar-refractivity contribution >= 4 is 22.9 Å². The van der Waals surface area contributed by atoms with Gasteiger partial charge in [0.2, 0.25) is 0 Å². The van der Waals surface area contributed by atoms with Crippen LogP contribution in [0.25, 0.3) is 17.0 Å². The van der Waals surface area contributed by atoms with Crippen LogP contribution in [0.2, 0.25) is 0 Å². The fourth-order valence-electron chi connectivity index (χ4n) is 2.56. The van der Waals surface area contributed by atoms with Crippen molar-refractivity contribution in [2.45, 2.75) is 6.92 Å². The van der Waals surface area contributed by atoms with Crippen LogP contribution in [0.15, 0.2) is 60.7 Å². The second kappa shape index (κ2) is 5.90. The zero-order valence-corrected chi connectivity index (χ0v) is 12.6. The number of ether oxygens (including phenoxy) is 1. The number of carbonyl (C=O) groups excluding carboxylic acids is 1. The number of hydrogen-bond donors (Lipinski definition) is 0. The number of benzene rings is 2. The van der Waals surface area contributed by atoms with Gasteiger partial charge >= 0.3 is 0 Å². The van der Waals surface area contributed by atoms with Gasteiger partial charge < -0.3 is 4.74 Å². The number of allylic oxidation sites excluding steroid dienone is 1. The first-order chi connectivity index (χ1) is 10.7. The monoisotopic (exact) mass is 291 g/mol. The van der Waals surface area contributed by atoms with Crippen LogP contribution >= 0.6 is 0 Å². The van der Waals surface area contributed by atoms with Gasteiger partial charge in [0.1, 0.15) is 5.75 Å². The number of fused-ring (bicyclic) bond motifs is 1. The van der Waals surface area contributed by atoms with Gasteiger partial charge in [-0.25, -0.2) is 0 Å². The van der Waals surface area contributed by atoms with E-state index < -0.39 is 0 Å². The Balaban J connectivity index is 1.97. The third kappa shape index (κ3) is 2.66. The summed E-state index contributed by atoms with van der Waals surface area (Å²) in [6, 6.07) is 17.5. The molecule has 3 heteroatoms. The topological polar surface area (TPSA) is 31.2 Å². The third-order valence-electron chi connectivity index (χ3n) is 3.63. The molecule has 110 valence electrons. The lowest BCUT2D eigenvalue weighted by Crippen LogP contribution is -2.08. The van der Waals surface area contributed by atoms with Crippen molar-refractivity contribution in [1.82, 2.24) is 4.57 Å². The summed E-state index contributed by atoms with van der Waals surface area (Å²) in [6.07, 6.45) is 3.43. The van der Waals surface area contributed by atoms with Gasteiger partial charge in [-0.15, -0.1) is 0 Å². The molecule has 0 saturated heterocycles. The van der Waals surface area contributed by atoms with E-state index in [1.165, 1.54) is 0 Å². The molecule has 0 radical (unpaired) electrons. The summed E-state index contributed by atoms with van der Waals surface area (Å²) in [5.41, 5.74) is 2.80. The Hall–Kier alpha value is -2.81. The fourth-order valence-corrected chi connectivity index (χ4v) is 2.56. The van der Waals surface area contributed by atoms with Crippen LogP contribution in [-0.4, -0.2) is 17.6 Å². The van der Waals surface area contributed by atoms with Crippen LogP contribution in [-0.2, 0) is 0 Å². The molecule has 1 heterocycles. The molecule has 0 aliphatic rings. The first-order valence-corrected chi connectivity index (χ1v) is 7.12. The normalized spacial score (nSPS) is 11.2. The minimum Gasteiger partial charge on any atom is -0.497 e. The van der Waals surface area contributed by atoms with Crippen molar-refractivity contribution in [2.75, 3.05) is 7.11 Å². The SMILES string of the molecule is COc1ccc2c(c1)cc(C)n2C(=O)/C=C/c1ccccc1. The average molecular weight is 291 g/mol. The number of carbonyl (C=O) groups is 1. The van der Waals surface area contributed by atoms with Crippen molar-refractivity contribution in [1.29, 1.82) is 0 Å². The summed E-state index contributed by atoms with van der Waals surface area (Å²) in [7, 11) is 1.64. The predicted molar refractivity (Wildman–Crippen MR) is 89.3 cm³/mol. The second-order valence-electron chi connectivity index (χ2n) is 5.13. The Morgan fingerprint density at radius 2 is 1.86 bits per heavy atom. The quantitative estimate of drug-likeness (QED) is 0.673. The first-order valence-electron chi connectivity index (χ1n) is 7.12. The maximum Gasteiger partial charge on any atom is 0.255 e. The summed E-state index contributed by atoms with van der Waals surface area (Å²) in [5.74, 6) is 0.735. The Morgan fingerprint density at radius 1 is 1.09 bits per heavy atom. The Labute approximate surface area is 129 Å². The van der Waals surface area contributed by atoms with Gasteiger partial charge in [-0.1, -0.05) is 30.3 Å². The summed E-state index contributed by atoms with van der Waals surface area (Å²) in [6.45, 7) is 1.93. The number of hydrogen-bond acceptors (Lipinski definition) is 2. The van der Waals surface area contributed by atoms with E-state index in [2.05, 4.69) is 0 Å². The summed E-state index contributed by atoms with van der Waals surface area (Å²) in [5, 5.41) is 0.998. The van der Waals surface area contributed by atoms with Gasteiger partial charge in [0.15, 0.2) is 0 Å². The Bertz CT molecular complexity index is 845. The van der Waals surface area contributed by atoms with E-state index in [-0.39, 0.29) is 5.91 Å². The third-order valence-corrected chi connectivity index (χ3v) is 3.63. The Kier molecular flexibility index (Phi) is 3.79. The van der Waals surface area contributed by atoms with Gasteiger partial charge in [0.25, 0.3) is 5.91 Å². The molecule has 0 amide bonds. The van der Waals surface area contributed by atoms with E-state index in [1.54, 1.807) is 17.8 Å². The van der Waals surface area contributed by atoms with Gasteiger partial charge in [-0.3, -0.25) is 9.36 Å². The average Bonchev–Trinajstić information content (AvgIpc) is 2.88. The zero-order valence-electron chi connectivity index (χ0n) is 12.6. The van der Waals surface area contributed by atoms with Crippen LogP contribution in [0.5, 0.6) is 5.75 Å². The van der Waals surface area contributed by atoms with E-state index in [0.29, 0.717) is 0 Å². The molecule has 0 aliphatic carbocycles. The first kappa shape index (κ1) is 14.1. The summed E-state index contributed by atoms with van der Waals surface area (Å²) < 4.78 is 6.95. The maximum absolute atomic E-state index is 12.5. The highest BCUT2D eigenvalue weighted by Gasteiger charge is 2.11. The van der Waals surface area contributed by atoms with Crippen molar-refractivity contribution in [2.24, 2.45) is 0 Å². The van der Waals surface area contributed by atoms with Crippen LogP contribution in [0.3, 0.4) is 0 Å². The van der Waals surface area contributed by atoms with Crippen LogP contribution in [0, 0.1) is 6.92 Å². The van der Waals surface area contributed by atoms with Gasteiger partial charge in [0.05, 0.1) is 12.6 Å². The molecule has 0 fully saturated rings. The molecular weight excluding hydrogens is 274 g/mol. The fraction of sp³-hybridized carbons (Fsp3) is 0.105. The highest BCUT2D eigenvalue weighted by Crippen LogP contribution is 2.24. The summed E-state index contributed by atoms with van der Waals surface area (Å²) in [4.78, 5) is 12.5. The van der Waals surface area contributed by atoms with E-state index in [9.17, 15) is 4.79 Å². The number of aryl methyl sites for hydroxylation is 1. The van der Waals surface area contributed by atoms with Crippen molar-refractivity contribution in [3.63, 3.8) is 0 Å². The minimum atomic E-state index is -0.0541. The number of nitrogens with zero attached hydrogens (tertiary/aromatic N) is 1. The number of methoxy groups -OCH3 is 1. The molecule has 0 aliphatic heterocycles. The lowest BCUT2D eigenvalue weighted by atomic mass is 10.2. The molecule has 0 saturated carbocycles. The maximum atomic E-state index is 12.5. The molecular formula is C19H17NO2. The zero-order chi connectivity index (χ0) is 15.5. The van der Waals surface area contributed by atoms with E-state index in [1.807, 2.05) is 67.6 Å². The lowest BCUT2D eigenvalue weighted by Gasteiger charge is -2.04. The highest BCUT2D eigenvalue weighted by molar-refractivity contribution is 6.01. The molecule has 1 aromatic heterocycles. The molecule has 2 aromatic carbocycles. The largest absolute Gasteiger partial charge is 0.497 e. The molecule has 0 N–H and O–H groups in total. The molecule has 0 spiro atoms. The lowest BCUT2D eigenvalue weighted by molar-refractivity contribution is 0.0973. The second-order valence-corrected chi connectivity index (χ2v) is 5.13. The van der Waals surface area contributed by atoms with E-state index in [0.717, 1.165) is 27.9 Å². The van der Waals surface area contributed by atoms with Crippen LogP contribution in [0.4, 0.5) is 0 Å². The predicted octanol–water partition coefficient (Wildman–Crippen LogP) is 4.31. The van der Waals surface area contributed by atoms with Crippen molar-refractivity contribution in [3.05, 3.63) is 71.9 Å². The standard InChI is InChI=1S/C19H17NO2/c1-14-12-16-13-17(22-2)9-10-18(16)20(14)19(21)11-8-15-6-4-3-5-7-15/h3-13H,1-2H3/b11-8+. The van der Waals surface area contributed by atoms with Crippen LogP contribution in [0.1, 0.15) is 16.1 Å². The van der Waals surface area contributed by atoms with Gasteiger partial charge in [-0.2, -0.15) is 0 Å². The van der Waals surface area contributed by atoms with E-state index >= 15 is 0 Å². The number of aromatic nitrogens is 1. The molecule has 3 rings (SSSR count). The molecule has 0 unspecified atom stereocenters. The molecule has 3 nitrogen and oxygen atoms in total.